The second-order valence-electron chi connectivity index (χ2n) is 4.27. The van der Waals surface area contributed by atoms with Crippen molar-refractivity contribution in [3.05, 3.63) is 46.2 Å². The number of rotatable bonds is 7. The molecule has 20 heavy (non-hydrogen) atoms. The van der Waals surface area contributed by atoms with Crippen LogP contribution in [0, 0.1) is 6.92 Å². The largest absolute Gasteiger partial charge is 0.355 e. The lowest BCUT2D eigenvalue weighted by Crippen LogP contribution is -2.27. The predicted octanol–water partition coefficient (Wildman–Crippen LogP) is 2.44. The van der Waals surface area contributed by atoms with Crippen molar-refractivity contribution in [3.63, 3.8) is 0 Å². The number of nitrogens with zero attached hydrogens (tertiary/aromatic N) is 2. The average Bonchev–Trinajstić information content (AvgIpc) is 2.86. The number of pyridine rings is 1. The van der Waals surface area contributed by atoms with E-state index in [1.165, 1.54) is 0 Å². The monoisotopic (exact) mass is 307 g/mol. The topological polar surface area (TPSA) is 54.9 Å². The fourth-order valence-corrected chi connectivity index (χ4v) is 3.05. The highest BCUT2D eigenvalue weighted by atomic mass is 32.2. The molecule has 2 rings (SSSR count). The standard InChI is InChI=1S/C14H17N3OS2/c1-11-17-13(9-20-11)5-7-16-14(18)10-19-8-12-4-2-3-6-15-12/h2-4,6,9H,5,7-8,10H2,1H3,(H,16,18). The lowest BCUT2D eigenvalue weighted by atomic mass is 10.3. The number of carbonyl (C=O) groups excluding carboxylic acids is 1. The molecule has 6 heteroatoms. The van der Waals surface area contributed by atoms with Crippen LogP contribution in [0.25, 0.3) is 0 Å². The summed E-state index contributed by atoms with van der Waals surface area (Å²) in [5, 5.41) is 6.02. The van der Waals surface area contributed by atoms with E-state index >= 15 is 0 Å². The van der Waals surface area contributed by atoms with Crippen molar-refractivity contribution < 1.29 is 4.79 Å². The first-order chi connectivity index (χ1) is 9.74. The molecule has 0 saturated heterocycles. The molecule has 1 N–H and O–H groups in total. The first-order valence-electron chi connectivity index (χ1n) is 6.39. The minimum absolute atomic E-state index is 0.0675. The number of thioether (sulfide) groups is 1. The Morgan fingerprint density at radius 3 is 3.00 bits per heavy atom. The van der Waals surface area contributed by atoms with E-state index in [9.17, 15) is 4.79 Å². The van der Waals surface area contributed by atoms with Crippen LogP contribution in [0.1, 0.15) is 16.4 Å². The normalized spacial score (nSPS) is 10.4. The van der Waals surface area contributed by atoms with Gasteiger partial charge in [0.05, 0.1) is 22.1 Å². The van der Waals surface area contributed by atoms with E-state index in [1.54, 1.807) is 29.3 Å². The summed E-state index contributed by atoms with van der Waals surface area (Å²) in [4.78, 5) is 20.2. The quantitative estimate of drug-likeness (QED) is 0.853. The van der Waals surface area contributed by atoms with Gasteiger partial charge in [-0.1, -0.05) is 6.07 Å². The van der Waals surface area contributed by atoms with E-state index in [0.29, 0.717) is 12.3 Å². The zero-order valence-corrected chi connectivity index (χ0v) is 13.0. The fraction of sp³-hybridized carbons (Fsp3) is 0.357. The molecule has 0 spiro atoms. The maximum Gasteiger partial charge on any atom is 0.230 e. The Morgan fingerprint density at radius 1 is 1.40 bits per heavy atom. The van der Waals surface area contributed by atoms with Gasteiger partial charge < -0.3 is 5.32 Å². The molecule has 0 aliphatic heterocycles. The Morgan fingerprint density at radius 2 is 2.30 bits per heavy atom. The van der Waals surface area contributed by atoms with Crippen LogP contribution < -0.4 is 5.32 Å². The Hall–Kier alpha value is -1.40. The first-order valence-corrected chi connectivity index (χ1v) is 8.43. The molecule has 1 amide bonds. The number of nitrogens with one attached hydrogen (secondary N) is 1. The summed E-state index contributed by atoms with van der Waals surface area (Å²) in [5.74, 6) is 1.30. The Kier molecular flexibility index (Phi) is 6.01. The molecule has 0 fully saturated rings. The van der Waals surface area contributed by atoms with Gasteiger partial charge in [0.25, 0.3) is 0 Å². The molecule has 4 nitrogen and oxygen atoms in total. The molecule has 2 aromatic rings. The summed E-state index contributed by atoms with van der Waals surface area (Å²) in [6.45, 7) is 2.63. The van der Waals surface area contributed by atoms with Crippen LogP contribution in [-0.2, 0) is 17.0 Å². The minimum atomic E-state index is 0.0675. The molecule has 0 aliphatic carbocycles. The number of aryl methyl sites for hydroxylation is 1. The van der Waals surface area contributed by atoms with Crippen molar-refractivity contribution in [2.75, 3.05) is 12.3 Å². The fourth-order valence-electron chi connectivity index (χ4n) is 1.64. The van der Waals surface area contributed by atoms with Gasteiger partial charge in [-0.2, -0.15) is 0 Å². The van der Waals surface area contributed by atoms with Crippen LogP contribution in [0.2, 0.25) is 0 Å². The lowest BCUT2D eigenvalue weighted by Gasteiger charge is -2.04. The highest BCUT2D eigenvalue weighted by Gasteiger charge is 2.03. The van der Waals surface area contributed by atoms with Crippen LogP contribution >= 0.6 is 23.1 Å². The van der Waals surface area contributed by atoms with E-state index in [0.717, 1.165) is 28.6 Å². The molecule has 0 unspecified atom stereocenters. The van der Waals surface area contributed by atoms with Crippen LogP contribution in [-0.4, -0.2) is 28.2 Å². The molecule has 0 radical (unpaired) electrons. The third-order valence-electron chi connectivity index (χ3n) is 2.58. The zero-order valence-electron chi connectivity index (χ0n) is 11.3. The molecule has 2 heterocycles. The van der Waals surface area contributed by atoms with Crippen molar-refractivity contribution in [2.24, 2.45) is 0 Å². The Labute approximate surface area is 127 Å². The number of aromatic nitrogens is 2. The maximum atomic E-state index is 11.7. The third kappa shape index (κ3) is 5.30. The second kappa shape index (κ2) is 8.01. The third-order valence-corrected chi connectivity index (χ3v) is 4.37. The smallest absolute Gasteiger partial charge is 0.230 e. The molecule has 0 atom stereocenters. The van der Waals surface area contributed by atoms with Crippen LogP contribution in [0.15, 0.2) is 29.8 Å². The summed E-state index contributed by atoms with van der Waals surface area (Å²) in [6.07, 6.45) is 2.56. The average molecular weight is 307 g/mol. The number of hydrogen-bond donors (Lipinski definition) is 1. The van der Waals surface area contributed by atoms with Crippen molar-refractivity contribution >= 4 is 29.0 Å². The van der Waals surface area contributed by atoms with E-state index in [2.05, 4.69) is 15.3 Å². The Balaban J connectivity index is 1.59. The highest BCUT2D eigenvalue weighted by Crippen LogP contribution is 2.09. The molecule has 106 valence electrons. The zero-order chi connectivity index (χ0) is 14.2. The van der Waals surface area contributed by atoms with E-state index < -0.39 is 0 Å². The molecule has 0 bridgehead atoms. The number of hydrogen-bond acceptors (Lipinski definition) is 5. The van der Waals surface area contributed by atoms with Gasteiger partial charge in [0.15, 0.2) is 0 Å². The predicted molar refractivity (Wildman–Crippen MR) is 84.0 cm³/mol. The van der Waals surface area contributed by atoms with E-state index in [4.69, 9.17) is 0 Å². The first kappa shape index (κ1) is 15.0. The molecule has 2 aromatic heterocycles. The highest BCUT2D eigenvalue weighted by molar-refractivity contribution is 7.99. The minimum Gasteiger partial charge on any atom is -0.355 e. The molecular weight excluding hydrogens is 290 g/mol. The van der Waals surface area contributed by atoms with Gasteiger partial charge in [-0.3, -0.25) is 9.78 Å². The van der Waals surface area contributed by atoms with Gasteiger partial charge in [-0.05, 0) is 19.1 Å². The number of carbonyl (C=O) groups is 1. The van der Waals surface area contributed by atoms with Gasteiger partial charge in [0.1, 0.15) is 0 Å². The molecule has 0 aliphatic rings. The summed E-state index contributed by atoms with van der Waals surface area (Å²) >= 11 is 3.22. The van der Waals surface area contributed by atoms with E-state index in [1.807, 2.05) is 30.5 Å². The second-order valence-corrected chi connectivity index (χ2v) is 6.32. The molecule has 0 saturated carbocycles. The number of amides is 1. The van der Waals surface area contributed by atoms with Crippen LogP contribution in [0.4, 0.5) is 0 Å². The van der Waals surface area contributed by atoms with Crippen LogP contribution in [0.3, 0.4) is 0 Å². The van der Waals surface area contributed by atoms with Gasteiger partial charge >= 0.3 is 0 Å². The maximum absolute atomic E-state index is 11.7. The number of thiazole rings is 1. The summed E-state index contributed by atoms with van der Waals surface area (Å²) < 4.78 is 0. The summed E-state index contributed by atoms with van der Waals surface area (Å²) in [6, 6.07) is 5.81. The van der Waals surface area contributed by atoms with Crippen LogP contribution in [0.5, 0.6) is 0 Å². The van der Waals surface area contributed by atoms with Gasteiger partial charge in [0, 0.05) is 30.3 Å². The van der Waals surface area contributed by atoms with Gasteiger partial charge in [0.2, 0.25) is 5.91 Å². The summed E-state index contributed by atoms with van der Waals surface area (Å²) in [7, 11) is 0. The molecular formula is C14H17N3OS2. The van der Waals surface area contributed by atoms with Crippen molar-refractivity contribution in [2.45, 2.75) is 19.1 Å². The summed E-state index contributed by atoms with van der Waals surface area (Å²) in [5.41, 5.74) is 2.05. The van der Waals surface area contributed by atoms with Gasteiger partial charge in [-0.15, -0.1) is 23.1 Å². The van der Waals surface area contributed by atoms with Crippen molar-refractivity contribution in [1.82, 2.24) is 15.3 Å². The SMILES string of the molecule is Cc1nc(CCNC(=O)CSCc2ccccn2)cs1. The van der Waals surface area contributed by atoms with Crippen molar-refractivity contribution in [3.8, 4) is 0 Å². The van der Waals surface area contributed by atoms with E-state index in [-0.39, 0.29) is 5.91 Å². The molecule has 0 aromatic carbocycles. The van der Waals surface area contributed by atoms with Crippen molar-refractivity contribution in [1.29, 1.82) is 0 Å². The Bertz CT molecular complexity index is 542. The lowest BCUT2D eigenvalue weighted by molar-refractivity contribution is -0.118. The van der Waals surface area contributed by atoms with Gasteiger partial charge in [-0.25, -0.2) is 4.98 Å².